The van der Waals surface area contributed by atoms with Gasteiger partial charge < -0.3 is 4.57 Å². The van der Waals surface area contributed by atoms with Crippen molar-refractivity contribution in [1.29, 1.82) is 0 Å². The Hall–Kier alpha value is -2.72. The minimum absolute atomic E-state index is 0.197. The molecule has 3 rings (SSSR count). The van der Waals surface area contributed by atoms with Gasteiger partial charge in [0.05, 0.1) is 19.1 Å². The molecule has 0 bridgehead atoms. The summed E-state index contributed by atoms with van der Waals surface area (Å²) in [7, 11) is -3.26. The normalized spacial score (nSPS) is 11.9. The minimum Gasteiger partial charge on any atom is -0.325 e. The highest BCUT2D eigenvalue weighted by atomic mass is 32.2. The van der Waals surface area contributed by atoms with Gasteiger partial charge in [-0.3, -0.25) is 14.3 Å². The van der Waals surface area contributed by atoms with Gasteiger partial charge in [-0.2, -0.15) is 0 Å². The van der Waals surface area contributed by atoms with E-state index in [1.807, 2.05) is 6.92 Å². The molecule has 0 unspecified atom stereocenters. The Kier molecular flexibility index (Phi) is 4.79. The maximum absolute atomic E-state index is 12.2. The van der Waals surface area contributed by atoms with Gasteiger partial charge in [-0.05, 0) is 18.1 Å². The molecule has 0 amide bonds. The minimum atomic E-state index is -3.26. The highest BCUT2D eigenvalue weighted by Gasteiger charge is 2.13. The summed E-state index contributed by atoms with van der Waals surface area (Å²) < 4.78 is 27.8. The Morgan fingerprint density at radius 2 is 1.81 bits per heavy atom. The maximum atomic E-state index is 12.2. The number of nitrogens with zero attached hydrogens (tertiary/aromatic N) is 3. The molecule has 9 nitrogen and oxygen atoms in total. The number of H-pyrrole nitrogens is 1. The molecule has 2 N–H and O–H groups in total. The van der Waals surface area contributed by atoms with E-state index in [4.69, 9.17) is 0 Å². The largest absolute Gasteiger partial charge is 0.330 e. The Balaban J connectivity index is 1.91. The van der Waals surface area contributed by atoms with E-state index in [0.29, 0.717) is 17.7 Å². The number of benzene rings is 1. The number of rotatable bonds is 6. The monoisotopic (exact) mass is 377 g/mol. The first kappa shape index (κ1) is 18.1. The maximum Gasteiger partial charge on any atom is 0.330 e. The fraction of sp³-hybridized carbons (Fsp3) is 0.312. The molecule has 26 heavy (non-hydrogen) atoms. The van der Waals surface area contributed by atoms with E-state index in [1.54, 1.807) is 28.8 Å². The molecule has 0 atom stereocenters. The number of nitrogens with one attached hydrogen (secondary N) is 2. The van der Waals surface area contributed by atoms with Crippen LogP contribution in [0, 0.1) is 0 Å². The molecule has 10 heteroatoms. The van der Waals surface area contributed by atoms with Crippen LogP contribution in [0.2, 0.25) is 0 Å². The standard InChI is InChI=1S/C16H19N5O4S/c1-3-20-10-17-14-13(20)15(22)19-16(23)21(14)9-12-6-4-11(5-7-12)8-18-26(2,24)25/h4-7,10,18H,3,8-9H2,1-2H3,(H,19,22,23). The van der Waals surface area contributed by atoms with Gasteiger partial charge in [-0.15, -0.1) is 0 Å². The predicted octanol–water partition coefficient (Wildman–Crippen LogP) is 0.00370. The zero-order valence-corrected chi connectivity index (χ0v) is 15.2. The second kappa shape index (κ2) is 6.89. The zero-order valence-electron chi connectivity index (χ0n) is 14.4. The lowest BCUT2D eigenvalue weighted by atomic mass is 10.1. The second-order valence-electron chi connectivity index (χ2n) is 5.96. The summed E-state index contributed by atoms with van der Waals surface area (Å²) in [6.07, 6.45) is 2.64. The molecule has 0 fully saturated rings. The summed E-state index contributed by atoms with van der Waals surface area (Å²) in [4.78, 5) is 30.8. The zero-order chi connectivity index (χ0) is 18.9. The quantitative estimate of drug-likeness (QED) is 0.627. The molecule has 3 aromatic rings. The van der Waals surface area contributed by atoms with Crippen molar-refractivity contribution < 1.29 is 8.42 Å². The smallest absolute Gasteiger partial charge is 0.325 e. The van der Waals surface area contributed by atoms with Crippen LogP contribution < -0.4 is 16.0 Å². The SMILES string of the molecule is CCn1cnc2c1c(=O)[nH]c(=O)n2Cc1ccc(CNS(C)(=O)=O)cc1. The Morgan fingerprint density at radius 1 is 1.15 bits per heavy atom. The van der Waals surface area contributed by atoms with Gasteiger partial charge in [-0.1, -0.05) is 24.3 Å². The number of aromatic amines is 1. The Morgan fingerprint density at radius 3 is 2.42 bits per heavy atom. The van der Waals surface area contributed by atoms with Gasteiger partial charge in [0.15, 0.2) is 11.2 Å². The van der Waals surface area contributed by atoms with Gasteiger partial charge >= 0.3 is 5.69 Å². The first-order valence-corrected chi connectivity index (χ1v) is 9.88. The van der Waals surface area contributed by atoms with Crippen molar-refractivity contribution in [1.82, 2.24) is 23.8 Å². The molecule has 0 saturated carbocycles. The van der Waals surface area contributed by atoms with E-state index in [-0.39, 0.29) is 13.1 Å². The lowest BCUT2D eigenvalue weighted by Gasteiger charge is -2.08. The van der Waals surface area contributed by atoms with Crippen molar-refractivity contribution in [3.63, 3.8) is 0 Å². The second-order valence-corrected chi connectivity index (χ2v) is 7.79. The van der Waals surface area contributed by atoms with E-state index in [2.05, 4.69) is 14.7 Å². The van der Waals surface area contributed by atoms with Crippen LogP contribution in [0.3, 0.4) is 0 Å². The number of hydrogen-bond acceptors (Lipinski definition) is 5. The van der Waals surface area contributed by atoms with E-state index >= 15 is 0 Å². The van der Waals surface area contributed by atoms with Crippen LogP contribution >= 0.6 is 0 Å². The van der Waals surface area contributed by atoms with Crippen molar-refractivity contribution in [2.45, 2.75) is 26.6 Å². The lowest BCUT2D eigenvalue weighted by molar-refractivity contribution is 0.587. The molecule has 138 valence electrons. The molecule has 1 aromatic carbocycles. The van der Waals surface area contributed by atoms with Gasteiger partial charge in [0.2, 0.25) is 10.0 Å². The van der Waals surface area contributed by atoms with E-state index in [0.717, 1.165) is 17.4 Å². The van der Waals surface area contributed by atoms with E-state index < -0.39 is 21.3 Å². The topological polar surface area (TPSA) is 119 Å². The fourth-order valence-electron chi connectivity index (χ4n) is 2.67. The Labute approximate surface area is 149 Å². The van der Waals surface area contributed by atoms with Crippen molar-refractivity contribution >= 4 is 21.2 Å². The number of hydrogen-bond donors (Lipinski definition) is 2. The summed E-state index contributed by atoms with van der Waals surface area (Å²) in [5.74, 6) is 0. The molecule has 2 aromatic heterocycles. The van der Waals surface area contributed by atoms with Crippen LogP contribution in [-0.4, -0.2) is 33.8 Å². The average molecular weight is 377 g/mol. The van der Waals surface area contributed by atoms with Crippen LogP contribution in [-0.2, 0) is 29.7 Å². The number of aryl methyl sites for hydroxylation is 1. The fourth-order valence-corrected chi connectivity index (χ4v) is 3.10. The van der Waals surface area contributed by atoms with Crippen LogP contribution in [0.4, 0.5) is 0 Å². The van der Waals surface area contributed by atoms with Gasteiger partial charge in [-0.25, -0.2) is 22.9 Å². The summed E-state index contributed by atoms with van der Waals surface area (Å²) >= 11 is 0. The van der Waals surface area contributed by atoms with Crippen molar-refractivity contribution in [2.75, 3.05) is 6.26 Å². The molecule has 0 saturated heterocycles. The summed E-state index contributed by atoms with van der Waals surface area (Å²) in [6, 6.07) is 7.18. The number of imidazole rings is 1. The summed E-state index contributed by atoms with van der Waals surface area (Å²) in [5, 5.41) is 0. The van der Waals surface area contributed by atoms with Crippen LogP contribution in [0.1, 0.15) is 18.1 Å². The number of fused-ring (bicyclic) bond motifs is 1. The highest BCUT2D eigenvalue weighted by Crippen LogP contribution is 2.10. The third kappa shape index (κ3) is 3.75. The molecular formula is C16H19N5O4S. The lowest BCUT2D eigenvalue weighted by Crippen LogP contribution is -2.31. The average Bonchev–Trinajstić information content (AvgIpc) is 3.01. The third-order valence-electron chi connectivity index (χ3n) is 4.00. The van der Waals surface area contributed by atoms with Gasteiger partial charge in [0.25, 0.3) is 5.56 Å². The molecule has 2 heterocycles. The van der Waals surface area contributed by atoms with Gasteiger partial charge in [0.1, 0.15) is 0 Å². The summed E-state index contributed by atoms with van der Waals surface area (Å²) in [5.41, 5.74) is 1.35. The molecule has 0 aliphatic carbocycles. The predicted molar refractivity (Wildman–Crippen MR) is 97.5 cm³/mol. The highest BCUT2D eigenvalue weighted by molar-refractivity contribution is 7.88. The number of aromatic nitrogens is 4. The van der Waals surface area contributed by atoms with Crippen molar-refractivity contribution in [3.05, 3.63) is 62.6 Å². The first-order valence-electron chi connectivity index (χ1n) is 7.99. The molecule has 0 aliphatic heterocycles. The third-order valence-corrected chi connectivity index (χ3v) is 4.67. The van der Waals surface area contributed by atoms with Crippen molar-refractivity contribution in [2.24, 2.45) is 0 Å². The molecular weight excluding hydrogens is 358 g/mol. The summed E-state index contributed by atoms with van der Waals surface area (Å²) in [6.45, 7) is 2.90. The molecule has 0 radical (unpaired) electrons. The van der Waals surface area contributed by atoms with Gasteiger partial charge in [0, 0.05) is 13.1 Å². The first-order chi connectivity index (χ1) is 12.3. The number of sulfonamides is 1. The van der Waals surface area contributed by atoms with Crippen molar-refractivity contribution in [3.8, 4) is 0 Å². The van der Waals surface area contributed by atoms with E-state index in [9.17, 15) is 18.0 Å². The molecule has 0 aliphatic rings. The Bertz CT molecular complexity index is 1160. The van der Waals surface area contributed by atoms with Crippen LogP contribution in [0.5, 0.6) is 0 Å². The van der Waals surface area contributed by atoms with Crippen LogP contribution in [0.25, 0.3) is 11.2 Å². The van der Waals surface area contributed by atoms with E-state index in [1.165, 1.54) is 10.9 Å². The van der Waals surface area contributed by atoms with Crippen LogP contribution in [0.15, 0.2) is 40.2 Å². The molecule has 0 spiro atoms.